The molecule has 0 bridgehead atoms. The zero-order chi connectivity index (χ0) is 18.7. The number of aromatic nitrogens is 5. The molecule has 0 aromatic carbocycles. The summed E-state index contributed by atoms with van der Waals surface area (Å²) in [5.41, 5.74) is 0.822. The Morgan fingerprint density at radius 3 is 2.88 bits per heavy atom. The Kier molecular flexibility index (Phi) is 5.13. The lowest BCUT2D eigenvalue weighted by Crippen LogP contribution is -2.15. The lowest BCUT2D eigenvalue weighted by molar-refractivity contribution is 0.102. The van der Waals surface area contributed by atoms with Gasteiger partial charge in [-0.1, -0.05) is 17.7 Å². The van der Waals surface area contributed by atoms with E-state index in [1.54, 1.807) is 24.5 Å². The van der Waals surface area contributed by atoms with Gasteiger partial charge in [0.2, 0.25) is 5.88 Å². The molecule has 0 radical (unpaired) electrons. The molecule has 3 aromatic rings. The Bertz CT molecular complexity index is 941. The van der Waals surface area contributed by atoms with Crippen molar-refractivity contribution in [3.05, 3.63) is 47.4 Å². The minimum atomic E-state index is -0.424. The lowest BCUT2D eigenvalue weighted by atomic mass is 10.2. The Morgan fingerprint density at radius 2 is 2.15 bits per heavy atom. The first-order valence-electron chi connectivity index (χ1n) is 7.87. The first-order valence-corrected chi connectivity index (χ1v) is 8.25. The molecule has 3 aromatic heterocycles. The summed E-state index contributed by atoms with van der Waals surface area (Å²) in [6.45, 7) is 4.05. The molecule has 0 spiro atoms. The van der Waals surface area contributed by atoms with Gasteiger partial charge in [0, 0.05) is 12.2 Å². The van der Waals surface area contributed by atoms with Crippen molar-refractivity contribution < 1.29 is 9.53 Å². The molecule has 3 heterocycles. The van der Waals surface area contributed by atoms with Gasteiger partial charge in [-0.05, 0) is 32.0 Å². The summed E-state index contributed by atoms with van der Waals surface area (Å²) in [7, 11) is 1.44. The van der Waals surface area contributed by atoms with E-state index >= 15 is 0 Å². The fourth-order valence-electron chi connectivity index (χ4n) is 2.37. The minimum Gasteiger partial charge on any atom is -0.480 e. The quantitative estimate of drug-likeness (QED) is 0.738. The van der Waals surface area contributed by atoms with Crippen LogP contribution in [0.5, 0.6) is 5.88 Å². The number of rotatable bonds is 5. The highest BCUT2D eigenvalue weighted by Crippen LogP contribution is 2.22. The molecule has 1 N–H and O–H groups in total. The van der Waals surface area contributed by atoms with Crippen molar-refractivity contribution in [2.24, 2.45) is 0 Å². The molecule has 0 unspecified atom stereocenters. The smallest absolute Gasteiger partial charge is 0.262 e. The molecule has 26 heavy (non-hydrogen) atoms. The molecule has 0 saturated carbocycles. The van der Waals surface area contributed by atoms with Crippen LogP contribution in [0, 0.1) is 0 Å². The van der Waals surface area contributed by atoms with E-state index in [1.165, 1.54) is 19.4 Å². The number of pyridine rings is 2. The van der Waals surface area contributed by atoms with Crippen LogP contribution in [0.25, 0.3) is 11.5 Å². The predicted molar refractivity (Wildman–Crippen MR) is 97.4 cm³/mol. The molecule has 0 fully saturated rings. The molecule has 0 aliphatic heterocycles. The van der Waals surface area contributed by atoms with Crippen LogP contribution in [0.15, 0.2) is 36.8 Å². The summed E-state index contributed by atoms with van der Waals surface area (Å²) in [6.07, 6.45) is 3.06. The van der Waals surface area contributed by atoms with Gasteiger partial charge in [0.15, 0.2) is 5.82 Å². The van der Waals surface area contributed by atoms with Crippen LogP contribution in [-0.4, -0.2) is 37.7 Å². The Hall–Kier alpha value is -3.00. The number of hydrogen-bond acceptors (Lipinski definition) is 6. The minimum absolute atomic E-state index is 0.182. The van der Waals surface area contributed by atoms with Gasteiger partial charge in [0.05, 0.1) is 12.1 Å². The maximum Gasteiger partial charge on any atom is 0.262 e. The van der Waals surface area contributed by atoms with E-state index in [0.717, 1.165) is 0 Å². The summed E-state index contributed by atoms with van der Waals surface area (Å²) in [4.78, 5) is 21.0. The molecule has 0 aliphatic carbocycles. The van der Waals surface area contributed by atoms with E-state index < -0.39 is 5.91 Å². The maximum absolute atomic E-state index is 12.6. The number of nitrogens with zero attached hydrogens (tertiary/aromatic N) is 5. The number of amides is 1. The second-order valence-electron chi connectivity index (χ2n) is 5.73. The van der Waals surface area contributed by atoms with Crippen molar-refractivity contribution in [2.45, 2.75) is 19.9 Å². The third-order valence-electron chi connectivity index (χ3n) is 3.60. The molecule has 0 aliphatic rings. The molecule has 0 atom stereocenters. The SMILES string of the molecule is COc1ncc(Cl)cc1C(=O)Nc1cccc(-c2nncn2C(C)C)n1. The van der Waals surface area contributed by atoms with Crippen LogP contribution in [0.1, 0.15) is 30.2 Å². The molecule has 134 valence electrons. The second kappa shape index (κ2) is 7.49. The first kappa shape index (κ1) is 17.8. The van der Waals surface area contributed by atoms with Gasteiger partial charge in [0.25, 0.3) is 5.91 Å². The number of ether oxygens (including phenoxy) is 1. The number of anilines is 1. The monoisotopic (exact) mass is 372 g/mol. The summed E-state index contributed by atoms with van der Waals surface area (Å²) in [5.74, 6) is 0.750. The summed E-state index contributed by atoms with van der Waals surface area (Å²) < 4.78 is 7.01. The molecule has 8 nitrogen and oxygen atoms in total. The number of halogens is 1. The van der Waals surface area contributed by atoms with Crippen LogP contribution < -0.4 is 10.1 Å². The van der Waals surface area contributed by atoms with Crippen molar-refractivity contribution in [2.75, 3.05) is 12.4 Å². The lowest BCUT2D eigenvalue weighted by Gasteiger charge is -2.11. The van der Waals surface area contributed by atoms with Gasteiger partial charge < -0.3 is 14.6 Å². The fraction of sp³-hybridized carbons (Fsp3) is 0.235. The first-order chi connectivity index (χ1) is 12.5. The van der Waals surface area contributed by atoms with Crippen LogP contribution in [-0.2, 0) is 0 Å². The van der Waals surface area contributed by atoms with Crippen molar-refractivity contribution in [1.82, 2.24) is 24.7 Å². The molecule has 3 rings (SSSR count). The highest BCUT2D eigenvalue weighted by atomic mass is 35.5. The van der Waals surface area contributed by atoms with Crippen molar-refractivity contribution in [1.29, 1.82) is 0 Å². The van der Waals surface area contributed by atoms with Gasteiger partial charge in [-0.15, -0.1) is 10.2 Å². The normalized spacial score (nSPS) is 10.8. The third kappa shape index (κ3) is 3.65. The van der Waals surface area contributed by atoms with E-state index in [2.05, 4.69) is 25.5 Å². The molecular formula is C17H17ClN6O2. The highest BCUT2D eigenvalue weighted by Gasteiger charge is 2.16. The number of methoxy groups -OCH3 is 1. The zero-order valence-corrected chi connectivity index (χ0v) is 15.2. The van der Waals surface area contributed by atoms with Gasteiger partial charge in [-0.2, -0.15) is 0 Å². The van der Waals surface area contributed by atoms with Crippen LogP contribution >= 0.6 is 11.6 Å². The zero-order valence-electron chi connectivity index (χ0n) is 14.5. The number of hydrogen-bond donors (Lipinski definition) is 1. The highest BCUT2D eigenvalue weighted by molar-refractivity contribution is 6.31. The number of carbonyl (C=O) groups is 1. The van der Waals surface area contributed by atoms with Gasteiger partial charge in [0.1, 0.15) is 23.4 Å². The Labute approximate surface area is 155 Å². The topological polar surface area (TPSA) is 94.8 Å². The third-order valence-corrected chi connectivity index (χ3v) is 3.81. The largest absolute Gasteiger partial charge is 0.480 e. The fourth-order valence-corrected chi connectivity index (χ4v) is 2.53. The molecular weight excluding hydrogens is 356 g/mol. The van der Waals surface area contributed by atoms with E-state index in [0.29, 0.717) is 22.4 Å². The maximum atomic E-state index is 12.6. The average molecular weight is 373 g/mol. The van der Waals surface area contributed by atoms with E-state index in [4.69, 9.17) is 16.3 Å². The summed E-state index contributed by atoms with van der Waals surface area (Å²) in [6, 6.07) is 6.94. The Balaban J connectivity index is 1.89. The van der Waals surface area contributed by atoms with Crippen LogP contribution in [0.3, 0.4) is 0 Å². The van der Waals surface area contributed by atoms with Gasteiger partial charge >= 0.3 is 0 Å². The van der Waals surface area contributed by atoms with Crippen molar-refractivity contribution in [3.63, 3.8) is 0 Å². The molecule has 9 heteroatoms. The van der Waals surface area contributed by atoms with E-state index in [1.807, 2.05) is 18.4 Å². The molecule has 1 amide bonds. The van der Waals surface area contributed by atoms with Crippen LogP contribution in [0.4, 0.5) is 5.82 Å². The van der Waals surface area contributed by atoms with E-state index in [-0.39, 0.29) is 17.5 Å². The van der Waals surface area contributed by atoms with Gasteiger partial charge in [-0.3, -0.25) is 4.79 Å². The van der Waals surface area contributed by atoms with Crippen LogP contribution in [0.2, 0.25) is 5.02 Å². The standard InChI is InChI=1S/C17H17ClN6O2/c1-10(2)24-9-20-23-15(24)13-5-4-6-14(21-13)22-16(25)12-7-11(18)8-19-17(12)26-3/h4-10H,1-3H3,(H,21,22,25). The van der Waals surface area contributed by atoms with Crippen molar-refractivity contribution >= 4 is 23.3 Å². The van der Waals surface area contributed by atoms with Crippen molar-refractivity contribution in [3.8, 4) is 17.4 Å². The number of nitrogens with one attached hydrogen (secondary N) is 1. The average Bonchev–Trinajstić information content (AvgIpc) is 3.12. The van der Waals surface area contributed by atoms with Gasteiger partial charge in [-0.25, -0.2) is 9.97 Å². The molecule has 0 saturated heterocycles. The van der Waals surface area contributed by atoms with E-state index in [9.17, 15) is 4.79 Å². The predicted octanol–water partition coefficient (Wildman–Crippen LogP) is 3.23. The summed E-state index contributed by atoms with van der Waals surface area (Å²) >= 11 is 5.93. The second-order valence-corrected chi connectivity index (χ2v) is 6.16. The summed E-state index contributed by atoms with van der Waals surface area (Å²) in [5, 5.41) is 11.1. The Morgan fingerprint density at radius 1 is 1.35 bits per heavy atom. The number of carbonyl (C=O) groups excluding carboxylic acids is 1.